The van der Waals surface area contributed by atoms with Crippen LogP contribution in [0.25, 0.3) is 0 Å². The van der Waals surface area contributed by atoms with Gasteiger partial charge in [-0.25, -0.2) is 0 Å². The lowest BCUT2D eigenvalue weighted by Gasteiger charge is -2.46. The number of hydrogen-bond donors (Lipinski definition) is 1. The largest absolute Gasteiger partial charge is 0.495 e. The number of benzene rings is 2. The van der Waals surface area contributed by atoms with Crippen molar-refractivity contribution in [2.45, 2.75) is 141 Å². The highest BCUT2D eigenvalue weighted by molar-refractivity contribution is 6.99. The predicted octanol–water partition coefficient (Wildman–Crippen LogP) is 8.74. The molecule has 4 nitrogen and oxygen atoms in total. The van der Waals surface area contributed by atoms with E-state index in [0.717, 1.165) is 37.9 Å². The van der Waals surface area contributed by atoms with Crippen LogP contribution in [0, 0.1) is 0 Å². The van der Waals surface area contributed by atoms with Crippen molar-refractivity contribution in [3.63, 3.8) is 0 Å². The van der Waals surface area contributed by atoms with E-state index in [4.69, 9.17) is 13.6 Å². The zero-order valence-corrected chi connectivity index (χ0v) is 30.7. The second kappa shape index (κ2) is 15.5. The molecule has 2 aromatic rings. The fourth-order valence-corrected chi connectivity index (χ4v) is 17.7. The molecule has 0 saturated carbocycles. The second-order valence-corrected chi connectivity index (χ2v) is 24.3. The average molecular weight is 625 g/mol. The number of hydrogen-bond acceptors (Lipinski definition) is 4. The lowest BCUT2D eigenvalue weighted by molar-refractivity contribution is 0.0277. The summed E-state index contributed by atoms with van der Waals surface area (Å²) in [5, 5.41) is 12.4. The van der Waals surface area contributed by atoms with E-state index in [1.54, 1.807) is 0 Å². The van der Waals surface area contributed by atoms with Crippen LogP contribution in [0.1, 0.15) is 101 Å². The maximum absolute atomic E-state index is 9.88. The van der Waals surface area contributed by atoms with E-state index < -0.39 is 16.6 Å². The Balaban J connectivity index is 1.88. The highest BCUT2D eigenvalue weighted by Crippen LogP contribution is 2.44. The smallest absolute Gasteiger partial charge is 0.261 e. The number of allylic oxidation sites excluding steroid dienone is 1. The first kappa shape index (κ1) is 35.8. The van der Waals surface area contributed by atoms with Gasteiger partial charge < -0.3 is 18.7 Å². The van der Waals surface area contributed by atoms with Crippen molar-refractivity contribution in [2.24, 2.45) is 0 Å². The molecule has 0 fully saturated rings. The van der Waals surface area contributed by atoms with E-state index in [2.05, 4.69) is 129 Å². The first-order chi connectivity index (χ1) is 20.2. The molecule has 0 aliphatic carbocycles. The summed E-state index contributed by atoms with van der Waals surface area (Å²) in [7, 11) is -4.67. The van der Waals surface area contributed by atoms with E-state index >= 15 is 0 Å². The third kappa shape index (κ3) is 8.52. The summed E-state index contributed by atoms with van der Waals surface area (Å²) >= 11 is 0. The third-order valence-electron chi connectivity index (χ3n) is 9.47. The van der Waals surface area contributed by atoms with E-state index in [1.165, 1.54) is 10.4 Å². The molecule has 0 bridgehead atoms. The Morgan fingerprint density at radius 2 is 1.35 bits per heavy atom. The van der Waals surface area contributed by atoms with Crippen LogP contribution in [-0.2, 0) is 13.6 Å². The minimum Gasteiger partial charge on any atom is -0.495 e. The van der Waals surface area contributed by atoms with Gasteiger partial charge in [0.2, 0.25) is 8.32 Å². The molecule has 0 amide bonds. The van der Waals surface area contributed by atoms with Crippen LogP contribution in [0.5, 0.6) is 0 Å². The van der Waals surface area contributed by atoms with Gasteiger partial charge in [0.25, 0.3) is 8.32 Å². The number of rotatable bonds is 15. The molecule has 0 radical (unpaired) electrons. The molecule has 240 valence electrons. The SMILES string of the molecule is CC(C)[Si](O[C@H]1C=C(CCC[C@@H](C)O)O[C@@H](CCO[Si](c2ccccc2)(c2ccccc2)C(C)(C)C)C1)(C(C)C)C(C)C. The van der Waals surface area contributed by atoms with Crippen LogP contribution in [0.15, 0.2) is 72.5 Å². The zero-order valence-electron chi connectivity index (χ0n) is 28.7. The Labute approximate surface area is 265 Å². The maximum Gasteiger partial charge on any atom is 0.261 e. The molecule has 1 heterocycles. The van der Waals surface area contributed by atoms with Gasteiger partial charge in [-0.05, 0) is 57.9 Å². The molecule has 0 aromatic heterocycles. The zero-order chi connectivity index (χ0) is 31.8. The Morgan fingerprint density at radius 3 is 1.79 bits per heavy atom. The highest BCUT2D eigenvalue weighted by atomic mass is 28.4. The van der Waals surface area contributed by atoms with Crippen LogP contribution >= 0.6 is 0 Å². The normalized spacial score (nSPS) is 19.1. The van der Waals surface area contributed by atoms with Gasteiger partial charge in [0, 0.05) is 25.9 Å². The van der Waals surface area contributed by atoms with Crippen molar-refractivity contribution in [2.75, 3.05) is 6.61 Å². The lowest BCUT2D eigenvalue weighted by Crippen LogP contribution is -2.66. The first-order valence-corrected chi connectivity index (χ1v) is 20.8. The van der Waals surface area contributed by atoms with Crippen molar-refractivity contribution in [3.8, 4) is 0 Å². The topological polar surface area (TPSA) is 47.9 Å². The average Bonchev–Trinajstić information content (AvgIpc) is 2.93. The first-order valence-electron chi connectivity index (χ1n) is 16.7. The summed E-state index contributed by atoms with van der Waals surface area (Å²) < 4.78 is 21.2. The molecule has 3 rings (SSSR count). The van der Waals surface area contributed by atoms with Gasteiger partial charge in [-0.1, -0.05) is 123 Å². The molecular formula is C37H60O4Si2. The molecule has 1 aliphatic rings. The van der Waals surface area contributed by atoms with Crippen molar-refractivity contribution in [1.82, 2.24) is 0 Å². The van der Waals surface area contributed by atoms with E-state index in [9.17, 15) is 5.11 Å². The Morgan fingerprint density at radius 1 is 0.837 bits per heavy atom. The molecule has 2 aromatic carbocycles. The van der Waals surface area contributed by atoms with Gasteiger partial charge in [-0.2, -0.15) is 0 Å². The van der Waals surface area contributed by atoms with Crippen LogP contribution in [0.4, 0.5) is 0 Å². The Bertz CT molecular complexity index is 1060. The van der Waals surface area contributed by atoms with Gasteiger partial charge >= 0.3 is 0 Å². The Hall–Kier alpha value is -1.71. The maximum atomic E-state index is 9.88. The van der Waals surface area contributed by atoms with Crippen molar-refractivity contribution in [3.05, 3.63) is 72.5 Å². The summed E-state index contributed by atoms with van der Waals surface area (Å²) in [5.74, 6) is 1.02. The molecule has 6 heteroatoms. The molecule has 0 spiro atoms. The van der Waals surface area contributed by atoms with E-state index in [-0.39, 0.29) is 23.4 Å². The molecule has 0 unspecified atom stereocenters. The van der Waals surface area contributed by atoms with Crippen LogP contribution in [0.3, 0.4) is 0 Å². The summed E-state index contributed by atoms with van der Waals surface area (Å²) in [6.07, 6.45) is 6.23. The van der Waals surface area contributed by atoms with Crippen molar-refractivity contribution in [1.29, 1.82) is 0 Å². The van der Waals surface area contributed by atoms with Crippen molar-refractivity contribution < 1.29 is 18.7 Å². The van der Waals surface area contributed by atoms with Crippen LogP contribution in [-0.4, -0.2) is 46.7 Å². The van der Waals surface area contributed by atoms with Gasteiger partial charge in [0.15, 0.2) is 0 Å². The summed E-state index contributed by atoms with van der Waals surface area (Å²) in [4.78, 5) is 0. The van der Waals surface area contributed by atoms with Gasteiger partial charge in [0.1, 0.15) is 6.10 Å². The summed E-state index contributed by atoms with van der Waals surface area (Å²) in [6.45, 7) is 23.6. The van der Waals surface area contributed by atoms with Gasteiger partial charge in [0.05, 0.1) is 18.0 Å². The third-order valence-corrected chi connectivity index (χ3v) is 20.6. The summed E-state index contributed by atoms with van der Waals surface area (Å²) in [6, 6.07) is 21.7. The number of ether oxygens (including phenoxy) is 1. The number of aliphatic hydroxyl groups excluding tert-OH is 1. The van der Waals surface area contributed by atoms with Crippen molar-refractivity contribution >= 4 is 27.0 Å². The molecule has 3 atom stereocenters. The minimum atomic E-state index is -2.61. The highest BCUT2D eigenvalue weighted by Gasteiger charge is 2.50. The standard InChI is InChI=1S/C37H60O4Si2/c1-28(2)42(29(3)4,30(5)6)41-34-26-32(19-17-18-31(7)38)40-33(27-34)24-25-39-43(37(8,9)10,35-20-13-11-14-21-35)36-22-15-12-16-23-36/h11-16,20-23,26,28-31,33-34,38H,17-19,24-25,27H2,1-10H3/t31-,33+,34+/m1/s1. The van der Waals surface area contributed by atoms with Crippen LogP contribution < -0.4 is 10.4 Å². The quantitative estimate of drug-likeness (QED) is 0.201. The van der Waals surface area contributed by atoms with E-state index in [0.29, 0.717) is 23.2 Å². The van der Waals surface area contributed by atoms with Crippen LogP contribution in [0.2, 0.25) is 21.7 Å². The van der Waals surface area contributed by atoms with E-state index in [1.807, 2.05) is 6.92 Å². The Kier molecular flexibility index (Phi) is 12.9. The monoisotopic (exact) mass is 624 g/mol. The van der Waals surface area contributed by atoms with Gasteiger partial charge in [-0.15, -0.1) is 0 Å². The minimum absolute atomic E-state index is 0.0351. The fraction of sp³-hybridized carbons (Fsp3) is 0.622. The number of aliphatic hydroxyl groups is 1. The molecule has 0 saturated heterocycles. The molecule has 1 aliphatic heterocycles. The lowest BCUT2D eigenvalue weighted by atomic mass is 10.0. The fourth-order valence-electron chi connectivity index (χ4n) is 7.58. The summed E-state index contributed by atoms with van der Waals surface area (Å²) in [5.41, 5.74) is 1.58. The molecule has 43 heavy (non-hydrogen) atoms. The molecular weight excluding hydrogens is 565 g/mol. The van der Waals surface area contributed by atoms with Gasteiger partial charge in [-0.3, -0.25) is 0 Å². The molecule has 1 N–H and O–H groups in total. The predicted molar refractivity (Wildman–Crippen MR) is 187 cm³/mol. The second-order valence-electron chi connectivity index (χ2n) is 14.6.